The lowest BCUT2D eigenvalue weighted by molar-refractivity contribution is -0.123. The number of benzene rings is 2. The fourth-order valence-corrected chi connectivity index (χ4v) is 2.23. The Bertz CT molecular complexity index is 653. The third-order valence-electron chi connectivity index (χ3n) is 3.58. The fourth-order valence-electron chi connectivity index (χ4n) is 2.23. The van der Waals surface area contributed by atoms with Gasteiger partial charge in [0, 0.05) is 6.54 Å². The number of nitrogens with one attached hydrogen (secondary N) is 1. The second kappa shape index (κ2) is 8.32. The van der Waals surface area contributed by atoms with E-state index in [9.17, 15) is 9.18 Å². The van der Waals surface area contributed by atoms with Crippen LogP contribution in [0.2, 0.25) is 0 Å². The van der Waals surface area contributed by atoms with Gasteiger partial charge in [0.25, 0.3) is 5.91 Å². The number of halogens is 1. The van der Waals surface area contributed by atoms with Crippen LogP contribution in [-0.4, -0.2) is 19.1 Å². The lowest BCUT2D eigenvalue weighted by Gasteiger charge is -2.10. The van der Waals surface area contributed by atoms with Gasteiger partial charge < -0.3 is 10.1 Å². The van der Waals surface area contributed by atoms with E-state index in [1.54, 1.807) is 12.1 Å². The fraction of sp³-hybridized carbons (Fsp3) is 0.316. The molecule has 1 amide bonds. The molecule has 0 fully saturated rings. The Morgan fingerprint density at radius 3 is 2.61 bits per heavy atom. The first-order valence-electron chi connectivity index (χ1n) is 7.76. The highest BCUT2D eigenvalue weighted by Crippen LogP contribution is 2.18. The molecule has 0 aromatic heterocycles. The van der Waals surface area contributed by atoms with Crippen LogP contribution in [0.25, 0.3) is 0 Å². The monoisotopic (exact) mass is 315 g/mol. The molecule has 4 heteroatoms. The van der Waals surface area contributed by atoms with Gasteiger partial charge in [-0.05, 0) is 61.6 Å². The summed E-state index contributed by atoms with van der Waals surface area (Å²) in [6, 6.07) is 12.3. The summed E-state index contributed by atoms with van der Waals surface area (Å²) in [6.07, 6.45) is 1.61. The molecule has 0 bridgehead atoms. The number of amides is 1. The molecule has 0 saturated carbocycles. The summed E-state index contributed by atoms with van der Waals surface area (Å²) < 4.78 is 18.3. The number of hydrogen-bond donors (Lipinski definition) is 1. The molecule has 0 radical (unpaired) electrons. The Morgan fingerprint density at radius 1 is 1.13 bits per heavy atom. The van der Waals surface area contributed by atoms with E-state index in [4.69, 9.17) is 4.74 Å². The summed E-state index contributed by atoms with van der Waals surface area (Å²) in [6.45, 7) is 4.53. The molecule has 0 saturated heterocycles. The van der Waals surface area contributed by atoms with Crippen LogP contribution in [-0.2, 0) is 11.2 Å². The maximum absolute atomic E-state index is 12.8. The summed E-state index contributed by atoms with van der Waals surface area (Å²) in [7, 11) is 0. The molecule has 0 aliphatic heterocycles. The number of rotatable bonds is 7. The summed E-state index contributed by atoms with van der Waals surface area (Å²) in [5, 5.41) is 2.83. The summed E-state index contributed by atoms with van der Waals surface area (Å²) in [4.78, 5) is 11.8. The van der Waals surface area contributed by atoms with Crippen LogP contribution in [0.5, 0.6) is 5.75 Å². The van der Waals surface area contributed by atoms with E-state index in [2.05, 4.69) is 5.32 Å². The molecule has 0 aliphatic rings. The van der Waals surface area contributed by atoms with E-state index < -0.39 is 0 Å². The van der Waals surface area contributed by atoms with E-state index in [1.807, 2.05) is 32.0 Å². The molecule has 0 heterocycles. The van der Waals surface area contributed by atoms with Crippen LogP contribution in [0.4, 0.5) is 4.39 Å². The van der Waals surface area contributed by atoms with Crippen molar-refractivity contribution in [2.45, 2.75) is 26.7 Å². The van der Waals surface area contributed by atoms with E-state index in [-0.39, 0.29) is 18.3 Å². The van der Waals surface area contributed by atoms with Crippen molar-refractivity contribution in [1.82, 2.24) is 5.32 Å². The molecule has 23 heavy (non-hydrogen) atoms. The maximum atomic E-state index is 12.8. The number of aryl methyl sites for hydroxylation is 3. The molecule has 2 aromatic rings. The number of carbonyl (C=O) groups excluding carboxylic acids is 1. The quantitative estimate of drug-likeness (QED) is 0.793. The van der Waals surface area contributed by atoms with Gasteiger partial charge in [-0.2, -0.15) is 0 Å². The van der Waals surface area contributed by atoms with Crippen molar-refractivity contribution in [1.29, 1.82) is 0 Å². The molecule has 1 N–H and O–H groups in total. The smallest absolute Gasteiger partial charge is 0.257 e. The Kier molecular flexibility index (Phi) is 6.15. The van der Waals surface area contributed by atoms with Gasteiger partial charge in [-0.15, -0.1) is 0 Å². The zero-order valence-corrected chi connectivity index (χ0v) is 13.6. The SMILES string of the molecule is Cc1ccc(C)c(OCC(=O)NCCCc2ccc(F)cc2)c1. The lowest BCUT2D eigenvalue weighted by atomic mass is 10.1. The van der Waals surface area contributed by atoms with Crippen molar-refractivity contribution in [3.8, 4) is 5.75 Å². The normalized spacial score (nSPS) is 10.4. The largest absolute Gasteiger partial charge is 0.483 e. The molecule has 122 valence electrons. The average molecular weight is 315 g/mol. The molecule has 0 unspecified atom stereocenters. The Morgan fingerprint density at radius 2 is 1.87 bits per heavy atom. The Balaban J connectivity index is 1.67. The van der Waals surface area contributed by atoms with Crippen LogP contribution < -0.4 is 10.1 Å². The summed E-state index contributed by atoms with van der Waals surface area (Å²) in [5.41, 5.74) is 3.18. The molecular formula is C19H22FNO2. The van der Waals surface area contributed by atoms with E-state index in [1.165, 1.54) is 12.1 Å². The van der Waals surface area contributed by atoms with E-state index >= 15 is 0 Å². The minimum atomic E-state index is -0.231. The number of hydrogen-bond acceptors (Lipinski definition) is 2. The minimum absolute atomic E-state index is 0.0147. The van der Waals surface area contributed by atoms with Crippen LogP contribution >= 0.6 is 0 Å². The van der Waals surface area contributed by atoms with Gasteiger partial charge in [-0.3, -0.25) is 4.79 Å². The van der Waals surface area contributed by atoms with Crippen LogP contribution in [0, 0.1) is 19.7 Å². The highest BCUT2D eigenvalue weighted by molar-refractivity contribution is 5.77. The highest BCUT2D eigenvalue weighted by atomic mass is 19.1. The van der Waals surface area contributed by atoms with Crippen molar-refractivity contribution in [3.05, 3.63) is 65.0 Å². The lowest BCUT2D eigenvalue weighted by Crippen LogP contribution is -2.30. The van der Waals surface area contributed by atoms with Gasteiger partial charge in [0.1, 0.15) is 11.6 Å². The van der Waals surface area contributed by atoms with Gasteiger partial charge in [0.05, 0.1) is 0 Å². The molecule has 0 atom stereocenters. The zero-order valence-electron chi connectivity index (χ0n) is 13.6. The zero-order chi connectivity index (χ0) is 16.7. The average Bonchev–Trinajstić information content (AvgIpc) is 2.54. The topological polar surface area (TPSA) is 38.3 Å². The second-order valence-electron chi connectivity index (χ2n) is 5.64. The van der Waals surface area contributed by atoms with Gasteiger partial charge >= 0.3 is 0 Å². The molecule has 3 nitrogen and oxygen atoms in total. The Hall–Kier alpha value is -2.36. The molecule has 2 aromatic carbocycles. The summed E-state index contributed by atoms with van der Waals surface area (Å²) in [5.74, 6) is 0.377. The molecule has 0 aliphatic carbocycles. The summed E-state index contributed by atoms with van der Waals surface area (Å²) >= 11 is 0. The van der Waals surface area contributed by atoms with Crippen molar-refractivity contribution >= 4 is 5.91 Å². The van der Waals surface area contributed by atoms with Gasteiger partial charge in [-0.1, -0.05) is 24.3 Å². The molecule has 2 rings (SSSR count). The van der Waals surface area contributed by atoms with Gasteiger partial charge in [-0.25, -0.2) is 4.39 Å². The number of ether oxygens (including phenoxy) is 1. The molecular weight excluding hydrogens is 293 g/mol. The standard InChI is InChI=1S/C19H22FNO2/c1-14-5-6-15(2)18(12-14)23-13-19(22)21-11-3-4-16-7-9-17(20)10-8-16/h5-10,12H,3-4,11,13H2,1-2H3,(H,21,22). The highest BCUT2D eigenvalue weighted by Gasteiger charge is 2.05. The van der Waals surface area contributed by atoms with Crippen LogP contribution in [0.15, 0.2) is 42.5 Å². The van der Waals surface area contributed by atoms with Crippen molar-refractivity contribution in [2.24, 2.45) is 0 Å². The number of carbonyl (C=O) groups is 1. The molecule has 0 spiro atoms. The van der Waals surface area contributed by atoms with Gasteiger partial charge in [0.2, 0.25) is 0 Å². The van der Waals surface area contributed by atoms with Crippen molar-refractivity contribution < 1.29 is 13.9 Å². The van der Waals surface area contributed by atoms with E-state index in [0.29, 0.717) is 6.54 Å². The van der Waals surface area contributed by atoms with E-state index in [0.717, 1.165) is 35.3 Å². The van der Waals surface area contributed by atoms with Crippen LogP contribution in [0.3, 0.4) is 0 Å². The first kappa shape index (κ1) is 17.0. The van der Waals surface area contributed by atoms with Crippen LogP contribution in [0.1, 0.15) is 23.1 Å². The third-order valence-corrected chi connectivity index (χ3v) is 3.58. The maximum Gasteiger partial charge on any atom is 0.257 e. The Labute approximate surface area is 136 Å². The first-order chi connectivity index (χ1) is 11.0. The van der Waals surface area contributed by atoms with Gasteiger partial charge in [0.15, 0.2) is 6.61 Å². The second-order valence-corrected chi connectivity index (χ2v) is 5.64. The first-order valence-corrected chi connectivity index (χ1v) is 7.76. The van der Waals surface area contributed by atoms with Crippen molar-refractivity contribution in [3.63, 3.8) is 0 Å². The third kappa shape index (κ3) is 5.74. The predicted octanol–water partition coefficient (Wildman–Crippen LogP) is 3.57. The minimum Gasteiger partial charge on any atom is -0.483 e. The van der Waals surface area contributed by atoms with Crippen molar-refractivity contribution in [2.75, 3.05) is 13.2 Å². The predicted molar refractivity (Wildman–Crippen MR) is 89.1 cm³/mol.